The summed E-state index contributed by atoms with van der Waals surface area (Å²) >= 11 is 7.04. The third kappa shape index (κ3) is 9.73. The number of rotatable bonds is 11. The molecule has 1 aromatic heterocycles. The van der Waals surface area contributed by atoms with Crippen LogP contribution < -0.4 is 9.47 Å². The molecule has 59 heavy (non-hydrogen) atoms. The highest BCUT2D eigenvalue weighted by Gasteiger charge is 2.58. The molecule has 6 aliphatic rings. The molecule has 8 rings (SSSR count). The Labute approximate surface area is 353 Å². The van der Waals surface area contributed by atoms with Gasteiger partial charge in [0.05, 0.1) is 43.4 Å². The van der Waals surface area contributed by atoms with Crippen LogP contribution in [0.25, 0.3) is 17.0 Å². The molecule has 12 heteroatoms. The Morgan fingerprint density at radius 2 is 1.80 bits per heavy atom. The number of fused-ring (bicyclic) bond motifs is 4. The smallest absolute Gasteiger partial charge is 0.306 e. The summed E-state index contributed by atoms with van der Waals surface area (Å²) in [5.74, 6) is 1.14. The number of Topliss-reactive ketones (excluding diaryl/α,β-unsaturated/α-hetero) is 2. The SMILES string of the molecule is CC(=O)[C@]12CC(=O)[C@@H]3C[C@@H](Oc4cc(C=C(C)C)nc5c(Cl)c(OCCN6CCOCC6)ccc45)CN3C(=O)[C@@H](CC(=O)OC3C[C@@H]4C[C@@H]4C3)CCCCC/C=C\[C@@H]1C2. The van der Waals surface area contributed by atoms with Gasteiger partial charge in [-0.2, -0.15) is 0 Å². The number of hydrogen-bond donors (Lipinski definition) is 0. The van der Waals surface area contributed by atoms with Crippen LogP contribution in [0.4, 0.5) is 0 Å². The Balaban J connectivity index is 1.06. The van der Waals surface area contributed by atoms with Gasteiger partial charge in [-0.25, -0.2) is 4.98 Å². The number of benzene rings is 1. The van der Waals surface area contributed by atoms with E-state index in [0.717, 1.165) is 63.7 Å². The Kier molecular flexibility index (Phi) is 12.8. The summed E-state index contributed by atoms with van der Waals surface area (Å²) in [4.78, 5) is 64.7. The number of pyridine rings is 1. The highest BCUT2D eigenvalue weighted by atomic mass is 35.5. The van der Waals surface area contributed by atoms with Crippen LogP contribution >= 0.6 is 11.6 Å². The van der Waals surface area contributed by atoms with Crippen molar-refractivity contribution >= 4 is 52.0 Å². The summed E-state index contributed by atoms with van der Waals surface area (Å²) in [5.41, 5.74) is 1.50. The monoisotopic (exact) mass is 829 g/mol. The summed E-state index contributed by atoms with van der Waals surface area (Å²) in [6.07, 6.45) is 13.7. The lowest BCUT2D eigenvalue weighted by atomic mass is 9.88. The fraction of sp³-hybridized carbons (Fsp3) is 0.638. The number of halogens is 1. The molecule has 3 aliphatic carbocycles. The number of hydrogen-bond acceptors (Lipinski definition) is 10. The summed E-state index contributed by atoms with van der Waals surface area (Å²) < 4.78 is 24.4. The summed E-state index contributed by atoms with van der Waals surface area (Å²) in [6.45, 7) is 10.1. The maximum atomic E-state index is 14.8. The van der Waals surface area contributed by atoms with E-state index in [2.05, 4.69) is 17.1 Å². The quantitative estimate of drug-likeness (QED) is 0.164. The lowest BCUT2D eigenvalue weighted by Crippen LogP contribution is -2.45. The van der Waals surface area contributed by atoms with Crippen molar-refractivity contribution in [3.8, 4) is 11.5 Å². The lowest BCUT2D eigenvalue weighted by Gasteiger charge is -2.29. The standard InChI is InChI=1S/C47H60ClN3O8/c1-29(2)19-35-24-42(38-11-12-41(44(48)45(38)49-35)57-18-15-50-13-16-56-17-14-50)58-37-25-39-40(53)27-47(30(3)52)26-34(47)10-8-6-4-5-7-9-31(46(55)51(39)28-37)23-43(54)59-36-21-32-20-33(32)22-36/h8,10-12,19,24,31-34,36-37,39H,4-7,9,13-18,20-23,25-28H2,1-3H3/b10-8-/t31-,32-,33+,34-,36?,37-,39+,47+/m1/s1. The van der Waals surface area contributed by atoms with Gasteiger partial charge in [0.2, 0.25) is 5.91 Å². The first-order valence-electron chi connectivity index (χ1n) is 22.1. The largest absolute Gasteiger partial charge is 0.491 e. The first kappa shape index (κ1) is 41.9. The molecule has 0 bridgehead atoms. The second-order valence-corrected chi connectivity index (χ2v) is 18.7. The van der Waals surface area contributed by atoms with Crippen molar-refractivity contribution in [3.63, 3.8) is 0 Å². The minimum Gasteiger partial charge on any atom is -0.491 e. The molecule has 8 atom stereocenters. The second-order valence-electron chi connectivity index (χ2n) is 18.3. The number of allylic oxidation sites excluding steroid dienone is 3. The molecule has 318 valence electrons. The van der Waals surface area contributed by atoms with E-state index in [1.807, 2.05) is 38.1 Å². The molecule has 3 saturated carbocycles. The predicted octanol–water partition coefficient (Wildman–Crippen LogP) is 7.79. The van der Waals surface area contributed by atoms with E-state index in [-0.39, 0.29) is 61.3 Å². The average molecular weight is 830 g/mol. The van der Waals surface area contributed by atoms with Gasteiger partial charge in [-0.1, -0.05) is 42.2 Å². The average Bonchev–Trinajstić information content (AvgIpc) is 4.00. The molecule has 0 radical (unpaired) electrons. The molecule has 1 amide bonds. The topological polar surface area (TPSA) is 125 Å². The van der Waals surface area contributed by atoms with Crippen molar-refractivity contribution in [1.82, 2.24) is 14.8 Å². The minimum absolute atomic E-state index is 0.00930. The van der Waals surface area contributed by atoms with Crippen LogP contribution in [0.1, 0.15) is 104 Å². The zero-order valence-electron chi connectivity index (χ0n) is 34.9. The molecule has 5 fully saturated rings. The van der Waals surface area contributed by atoms with E-state index < -0.39 is 23.5 Å². The molecule has 2 saturated heterocycles. The van der Waals surface area contributed by atoms with Crippen molar-refractivity contribution in [2.45, 2.75) is 116 Å². The number of morpholine rings is 1. The predicted molar refractivity (Wildman–Crippen MR) is 225 cm³/mol. The highest BCUT2D eigenvalue weighted by molar-refractivity contribution is 6.36. The molecule has 0 N–H and O–H groups in total. The van der Waals surface area contributed by atoms with Gasteiger partial charge in [0, 0.05) is 55.3 Å². The normalized spacial score (nSPS) is 31.6. The molecule has 2 aromatic rings. The Morgan fingerprint density at radius 1 is 1.00 bits per heavy atom. The van der Waals surface area contributed by atoms with Crippen molar-refractivity contribution in [3.05, 3.63) is 46.6 Å². The molecule has 1 unspecified atom stereocenters. The third-order valence-electron chi connectivity index (χ3n) is 13.7. The van der Waals surface area contributed by atoms with E-state index in [1.54, 1.807) is 11.8 Å². The molecule has 1 aromatic carbocycles. The summed E-state index contributed by atoms with van der Waals surface area (Å²) in [6, 6.07) is 4.82. The van der Waals surface area contributed by atoms with Crippen molar-refractivity contribution in [1.29, 1.82) is 0 Å². The van der Waals surface area contributed by atoms with E-state index in [1.165, 1.54) is 6.42 Å². The Morgan fingerprint density at radius 3 is 2.56 bits per heavy atom. The number of carbonyl (C=O) groups is 4. The van der Waals surface area contributed by atoms with Crippen molar-refractivity contribution in [2.75, 3.05) is 46.0 Å². The number of ether oxygens (including phenoxy) is 4. The number of esters is 1. The molecule has 3 aliphatic heterocycles. The Bertz CT molecular complexity index is 1980. The number of aromatic nitrogens is 1. The van der Waals surface area contributed by atoms with Gasteiger partial charge in [-0.15, -0.1) is 0 Å². The zero-order chi connectivity index (χ0) is 41.3. The van der Waals surface area contributed by atoms with Crippen molar-refractivity contribution < 1.29 is 38.1 Å². The van der Waals surface area contributed by atoms with Crippen LogP contribution in [0.5, 0.6) is 11.5 Å². The second kappa shape index (κ2) is 18.0. The van der Waals surface area contributed by atoms with Gasteiger partial charge in [-0.05, 0) is 102 Å². The molecule has 11 nitrogen and oxygen atoms in total. The van der Waals surface area contributed by atoms with E-state index in [9.17, 15) is 19.2 Å². The number of amides is 1. The summed E-state index contributed by atoms with van der Waals surface area (Å²) in [7, 11) is 0. The van der Waals surface area contributed by atoms with E-state index >= 15 is 0 Å². The lowest BCUT2D eigenvalue weighted by molar-refractivity contribution is -0.154. The summed E-state index contributed by atoms with van der Waals surface area (Å²) in [5, 5.41) is 1.08. The molecule has 4 heterocycles. The van der Waals surface area contributed by atoms with E-state index in [4.69, 9.17) is 35.5 Å². The first-order chi connectivity index (χ1) is 28.5. The van der Waals surface area contributed by atoms with Gasteiger partial charge in [0.1, 0.15) is 41.1 Å². The van der Waals surface area contributed by atoms with Crippen LogP contribution in [0.15, 0.2) is 35.9 Å². The molecule has 0 spiro atoms. The van der Waals surface area contributed by atoms with Gasteiger partial charge < -0.3 is 23.8 Å². The molecular weight excluding hydrogens is 770 g/mol. The maximum absolute atomic E-state index is 14.8. The van der Waals surface area contributed by atoms with Crippen LogP contribution in [0.2, 0.25) is 5.02 Å². The maximum Gasteiger partial charge on any atom is 0.306 e. The number of nitrogens with zero attached hydrogens (tertiary/aromatic N) is 3. The number of carbonyl (C=O) groups excluding carboxylic acids is 4. The highest BCUT2D eigenvalue weighted by Crippen LogP contribution is 2.57. The van der Waals surface area contributed by atoms with Crippen molar-refractivity contribution in [2.24, 2.45) is 29.1 Å². The van der Waals surface area contributed by atoms with Gasteiger partial charge >= 0.3 is 5.97 Å². The third-order valence-corrected chi connectivity index (χ3v) is 14.0. The fourth-order valence-electron chi connectivity index (χ4n) is 10.1. The van der Waals surface area contributed by atoms with E-state index in [0.29, 0.717) is 77.6 Å². The zero-order valence-corrected chi connectivity index (χ0v) is 35.7. The number of ketones is 2. The van der Waals surface area contributed by atoms with Gasteiger partial charge in [-0.3, -0.25) is 24.1 Å². The Hall–Kier alpha value is -3.80. The minimum atomic E-state index is -0.792. The van der Waals surface area contributed by atoms with Crippen LogP contribution in [-0.4, -0.2) is 102 Å². The van der Waals surface area contributed by atoms with Crippen LogP contribution in [0, 0.1) is 29.1 Å². The van der Waals surface area contributed by atoms with Crippen LogP contribution in [-0.2, 0) is 28.7 Å². The molecular formula is C47H60ClN3O8. The van der Waals surface area contributed by atoms with Gasteiger partial charge in [0.25, 0.3) is 0 Å². The van der Waals surface area contributed by atoms with Crippen LogP contribution in [0.3, 0.4) is 0 Å². The first-order valence-corrected chi connectivity index (χ1v) is 22.4. The van der Waals surface area contributed by atoms with Gasteiger partial charge in [0.15, 0.2) is 5.78 Å². The fourth-order valence-corrected chi connectivity index (χ4v) is 10.4.